The van der Waals surface area contributed by atoms with Crippen LogP contribution in [0, 0.1) is 0 Å². The third-order valence-electron chi connectivity index (χ3n) is 2.15. The number of nitrogens with two attached hydrogens (primary N) is 1. The molecule has 2 nitrogen and oxygen atoms in total. The van der Waals surface area contributed by atoms with Crippen LogP contribution in [0.25, 0.3) is 0 Å². The van der Waals surface area contributed by atoms with E-state index in [1.54, 1.807) is 0 Å². The molecule has 64 valence electrons. The smallest absolute Gasteiger partial charge is 0.00388 e. The molecule has 0 unspecified atom stereocenters. The van der Waals surface area contributed by atoms with Crippen molar-refractivity contribution in [2.75, 3.05) is 0 Å². The minimum atomic E-state index is 0. The fourth-order valence-electron chi connectivity index (χ4n) is 1.49. The number of hydrogen-bond donors (Lipinski definition) is 2. The third-order valence-corrected chi connectivity index (χ3v) is 2.15. The first-order valence-electron chi connectivity index (χ1n) is 4.15. The molecular weight excluding hydrogens is 124 g/mol. The molecular formula is C8H22N2. The first-order valence-corrected chi connectivity index (χ1v) is 4.15. The first kappa shape index (κ1) is 9.92. The molecule has 5 N–H and O–H groups in total. The Morgan fingerprint density at radius 3 is 1.80 bits per heavy atom. The zero-order valence-electron chi connectivity index (χ0n) is 6.81. The Hall–Kier alpha value is -0.0800. The Morgan fingerprint density at radius 2 is 1.30 bits per heavy atom. The molecule has 10 heavy (non-hydrogen) atoms. The summed E-state index contributed by atoms with van der Waals surface area (Å²) in [5, 5.41) is 0. The van der Waals surface area contributed by atoms with Crippen LogP contribution in [0.3, 0.4) is 0 Å². The molecule has 0 bridgehead atoms. The lowest BCUT2D eigenvalue weighted by molar-refractivity contribution is 0.453. The third kappa shape index (κ3) is 3.85. The SMILES string of the molecule is N.NC1CCCCCCC1.[HH]. The van der Waals surface area contributed by atoms with Crippen LogP contribution in [-0.2, 0) is 0 Å². The van der Waals surface area contributed by atoms with Crippen LogP contribution in [0.1, 0.15) is 46.4 Å². The van der Waals surface area contributed by atoms with Gasteiger partial charge in [0.05, 0.1) is 0 Å². The molecule has 0 aliphatic heterocycles. The van der Waals surface area contributed by atoms with Gasteiger partial charge in [-0.25, -0.2) is 0 Å². The Balaban J connectivity index is 0. The van der Waals surface area contributed by atoms with Crippen LogP contribution in [-0.4, -0.2) is 6.04 Å². The van der Waals surface area contributed by atoms with Gasteiger partial charge >= 0.3 is 0 Å². The lowest BCUT2D eigenvalue weighted by Crippen LogP contribution is -2.20. The van der Waals surface area contributed by atoms with Crippen LogP contribution in [0.15, 0.2) is 0 Å². The average Bonchev–Trinajstić information content (AvgIpc) is 1.79. The second-order valence-corrected chi connectivity index (χ2v) is 3.11. The fourth-order valence-corrected chi connectivity index (χ4v) is 1.49. The molecule has 0 radical (unpaired) electrons. The van der Waals surface area contributed by atoms with Crippen molar-refractivity contribution in [3.8, 4) is 0 Å². The molecule has 0 aromatic rings. The van der Waals surface area contributed by atoms with Crippen LogP contribution < -0.4 is 11.9 Å². The summed E-state index contributed by atoms with van der Waals surface area (Å²) in [4.78, 5) is 0. The minimum absolute atomic E-state index is 0. The molecule has 1 aliphatic carbocycles. The van der Waals surface area contributed by atoms with E-state index in [2.05, 4.69) is 0 Å². The molecule has 0 heterocycles. The van der Waals surface area contributed by atoms with Crippen LogP contribution in [0.4, 0.5) is 0 Å². The highest BCUT2D eigenvalue weighted by Crippen LogP contribution is 2.15. The summed E-state index contributed by atoms with van der Waals surface area (Å²) in [5.74, 6) is 0. The van der Waals surface area contributed by atoms with Gasteiger partial charge in [-0.2, -0.15) is 0 Å². The topological polar surface area (TPSA) is 61.0 Å². The predicted octanol–water partition coefficient (Wildman–Crippen LogP) is 2.47. The van der Waals surface area contributed by atoms with Crippen molar-refractivity contribution in [1.82, 2.24) is 6.15 Å². The summed E-state index contributed by atoms with van der Waals surface area (Å²) in [7, 11) is 0. The molecule has 0 saturated heterocycles. The highest BCUT2D eigenvalue weighted by atomic mass is 14.6. The molecule has 0 aromatic carbocycles. The molecule has 2 heteroatoms. The Bertz CT molecular complexity index is 70.5. The van der Waals surface area contributed by atoms with E-state index in [1.165, 1.54) is 44.9 Å². The molecule has 1 saturated carbocycles. The van der Waals surface area contributed by atoms with E-state index in [0.29, 0.717) is 6.04 Å². The zero-order chi connectivity index (χ0) is 6.53. The van der Waals surface area contributed by atoms with Crippen molar-refractivity contribution in [3.05, 3.63) is 0 Å². The maximum absolute atomic E-state index is 5.80. The normalized spacial score (nSPS) is 22.5. The lowest BCUT2D eigenvalue weighted by atomic mass is 9.98. The summed E-state index contributed by atoms with van der Waals surface area (Å²) < 4.78 is 0. The van der Waals surface area contributed by atoms with Crippen LogP contribution >= 0.6 is 0 Å². The van der Waals surface area contributed by atoms with Gasteiger partial charge in [0.2, 0.25) is 0 Å². The fraction of sp³-hybridized carbons (Fsp3) is 1.00. The summed E-state index contributed by atoms with van der Waals surface area (Å²) in [6.07, 6.45) is 9.51. The van der Waals surface area contributed by atoms with E-state index >= 15 is 0 Å². The van der Waals surface area contributed by atoms with Crippen LogP contribution in [0.5, 0.6) is 0 Å². The van der Waals surface area contributed by atoms with Gasteiger partial charge in [0.1, 0.15) is 0 Å². The summed E-state index contributed by atoms with van der Waals surface area (Å²) in [5.41, 5.74) is 5.80. The van der Waals surface area contributed by atoms with Crippen molar-refractivity contribution < 1.29 is 1.43 Å². The average molecular weight is 146 g/mol. The van der Waals surface area contributed by atoms with Gasteiger partial charge in [-0.3, -0.25) is 0 Å². The predicted molar refractivity (Wildman–Crippen MR) is 47.4 cm³/mol. The van der Waals surface area contributed by atoms with Crippen molar-refractivity contribution in [2.24, 2.45) is 5.73 Å². The van der Waals surface area contributed by atoms with Gasteiger partial charge in [0.15, 0.2) is 0 Å². The molecule has 0 atom stereocenters. The van der Waals surface area contributed by atoms with Gasteiger partial charge in [-0.15, -0.1) is 0 Å². The van der Waals surface area contributed by atoms with Crippen molar-refractivity contribution >= 4 is 0 Å². The Kier molecular flexibility index (Phi) is 5.64. The van der Waals surface area contributed by atoms with Crippen molar-refractivity contribution in [3.63, 3.8) is 0 Å². The summed E-state index contributed by atoms with van der Waals surface area (Å²) >= 11 is 0. The minimum Gasteiger partial charge on any atom is -0.344 e. The van der Waals surface area contributed by atoms with Gasteiger partial charge in [0.25, 0.3) is 0 Å². The first-order chi connectivity index (χ1) is 4.39. The standard InChI is InChI=1S/C8H17N.H3N.H2/c9-8-6-4-2-1-3-5-7-8;;/h8H,1-7,9H2;1H3;1H. The summed E-state index contributed by atoms with van der Waals surface area (Å²) in [6.45, 7) is 0. The van der Waals surface area contributed by atoms with Crippen molar-refractivity contribution in [2.45, 2.75) is 51.0 Å². The van der Waals surface area contributed by atoms with Gasteiger partial charge in [-0.1, -0.05) is 32.1 Å². The quantitative estimate of drug-likeness (QED) is 0.551. The lowest BCUT2D eigenvalue weighted by Gasteiger charge is -2.13. The molecule has 1 aliphatic rings. The van der Waals surface area contributed by atoms with E-state index in [4.69, 9.17) is 5.73 Å². The van der Waals surface area contributed by atoms with E-state index in [9.17, 15) is 0 Å². The van der Waals surface area contributed by atoms with Gasteiger partial charge in [-0.05, 0) is 12.8 Å². The second-order valence-electron chi connectivity index (χ2n) is 3.11. The Labute approximate surface area is 65.2 Å². The van der Waals surface area contributed by atoms with E-state index in [0.717, 1.165) is 0 Å². The largest absolute Gasteiger partial charge is 0.344 e. The number of rotatable bonds is 0. The highest BCUT2D eigenvalue weighted by Gasteiger charge is 2.04. The molecule has 0 spiro atoms. The monoisotopic (exact) mass is 146 g/mol. The summed E-state index contributed by atoms with van der Waals surface area (Å²) in [6, 6.07) is 0.519. The van der Waals surface area contributed by atoms with Crippen molar-refractivity contribution in [1.29, 1.82) is 0 Å². The molecule has 0 aromatic heterocycles. The van der Waals surface area contributed by atoms with E-state index in [1.807, 2.05) is 0 Å². The van der Waals surface area contributed by atoms with E-state index < -0.39 is 0 Å². The van der Waals surface area contributed by atoms with Crippen LogP contribution in [0.2, 0.25) is 0 Å². The second kappa shape index (κ2) is 5.69. The van der Waals surface area contributed by atoms with Gasteiger partial charge in [0, 0.05) is 7.47 Å². The molecule has 0 amide bonds. The number of hydrogen-bond acceptors (Lipinski definition) is 2. The zero-order valence-corrected chi connectivity index (χ0v) is 6.81. The molecule has 1 rings (SSSR count). The van der Waals surface area contributed by atoms with Gasteiger partial charge < -0.3 is 11.9 Å². The maximum atomic E-state index is 5.80. The Morgan fingerprint density at radius 1 is 0.900 bits per heavy atom. The maximum Gasteiger partial charge on any atom is 0.00388 e. The van der Waals surface area contributed by atoms with E-state index in [-0.39, 0.29) is 7.58 Å². The molecule has 1 fully saturated rings. The highest BCUT2D eigenvalue weighted by molar-refractivity contribution is 4.64.